The summed E-state index contributed by atoms with van der Waals surface area (Å²) in [4.78, 5) is 4.59. The minimum Gasteiger partial charge on any atom is -0.271 e. The average Bonchev–Trinajstić information content (AvgIpc) is 2.47. The quantitative estimate of drug-likeness (QED) is 0.665. The zero-order valence-corrected chi connectivity index (χ0v) is 12.9. The molecule has 1 saturated carbocycles. The molecule has 0 bridgehead atoms. The molecule has 112 valence electrons. The summed E-state index contributed by atoms with van der Waals surface area (Å²) in [5.41, 5.74) is 5.40. The molecule has 1 aromatic heterocycles. The van der Waals surface area contributed by atoms with Crippen LogP contribution < -0.4 is 11.3 Å². The van der Waals surface area contributed by atoms with Crippen LogP contribution in [0.2, 0.25) is 0 Å². The molecule has 21 heavy (non-hydrogen) atoms. The van der Waals surface area contributed by atoms with Crippen molar-refractivity contribution in [3.05, 3.63) is 42.1 Å². The highest BCUT2D eigenvalue weighted by atomic mass is 15.2. The van der Waals surface area contributed by atoms with Gasteiger partial charge >= 0.3 is 0 Å². The van der Waals surface area contributed by atoms with Crippen LogP contribution in [-0.4, -0.2) is 4.98 Å². The van der Waals surface area contributed by atoms with Gasteiger partial charge in [-0.15, -0.1) is 0 Å². The monoisotopic (exact) mass is 283 g/mol. The Kier molecular flexibility index (Phi) is 4.22. The number of hydrazine groups is 1. The molecule has 1 aliphatic rings. The van der Waals surface area contributed by atoms with Crippen LogP contribution in [0.1, 0.15) is 44.7 Å². The van der Waals surface area contributed by atoms with Gasteiger partial charge in [0.15, 0.2) is 0 Å². The van der Waals surface area contributed by atoms with E-state index in [1.54, 1.807) is 0 Å². The third kappa shape index (κ3) is 2.94. The molecule has 0 aliphatic heterocycles. The summed E-state index contributed by atoms with van der Waals surface area (Å²) in [7, 11) is 0. The molecule has 0 spiro atoms. The van der Waals surface area contributed by atoms with Gasteiger partial charge in [-0.2, -0.15) is 0 Å². The molecule has 0 amide bonds. The number of hydrogen-bond donors (Lipinski definition) is 2. The molecule has 3 rings (SSSR count). The Morgan fingerprint density at radius 3 is 2.52 bits per heavy atom. The molecule has 3 N–H and O–H groups in total. The van der Waals surface area contributed by atoms with Crippen molar-refractivity contribution in [3.63, 3.8) is 0 Å². The number of para-hydroxylation sites is 1. The Bertz CT molecular complexity index is 595. The van der Waals surface area contributed by atoms with E-state index in [-0.39, 0.29) is 6.04 Å². The number of rotatable bonds is 3. The van der Waals surface area contributed by atoms with Crippen LogP contribution in [0.4, 0.5) is 0 Å². The normalized spacial score (nSPS) is 27.7. The van der Waals surface area contributed by atoms with Crippen molar-refractivity contribution in [2.24, 2.45) is 23.6 Å². The Morgan fingerprint density at radius 2 is 1.81 bits per heavy atom. The molecule has 1 fully saturated rings. The molecule has 3 heteroatoms. The van der Waals surface area contributed by atoms with Gasteiger partial charge in [-0.3, -0.25) is 16.3 Å². The van der Waals surface area contributed by atoms with E-state index >= 15 is 0 Å². The van der Waals surface area contributed by atoms with Gasteiger partial charge in [0.2, 0.25) is 0 Å². The third-order valence-corrected chi connectivity index (χ3v) is 4.86. The number of nitrogens with zero attached hydrogens (tertiary/aromatic N) is 1. The lowest BCUT2D eigenvalue weighted by Crippen LogP contribution is -2.37. The Morgan fingerprint density at radius 1 is 1.10 bits per heavy atom. The summed E-state index contributed by atoms with van der Waals surface area (Å²) >= 11 is 0. The standard InChI is InChI=1S/C18H25N3/c1-12-9-13(2)11-15(10-12)18(21-19)16-7-3-5-14-6-4-8-20-17(14)16/h3-8,12-13,15,18,21H,9-11,19H2,1-2H3. The zero-order chi connectivity index (χ0) is 14.8. The van der Waals surface area contributed by atoms with E-state index in [1.807, 2.05) is 12.3 Å². The third-order valence-electron chi connectivity index (χ3n) is 4.86. The minimum atomic E-state index is 0.189. The summed E-state index contributed by atoms with van der Waals surface area (Å²) in [6.45, 7) is 4.72. The number of fused-ring (bicyclic) bond motifs is 1. The smallest absolute Gasteiger partial charge is 0.0750 e. The average molecular weight is 283 g/mol. The van der Waals surface area contributed by atoms with Gasteiger partial charge in [-0.25, -0.2) is 0 Å². The molecule has 1 aliphatic carbocycles. The van der Waals surface area contributed by atoms with E-state index in [0.717, 1.165) is 17.4 Å². The zero-order valence-electron chi connectivity index (χ0n) is 12.9. The fraction of sp³-hybridized carbons (Fsp3) is 0.500. The lowest BCUT2D eigenvalue weighted by Gasteiger charge is -2.36. The highest BCUT2D eigenvalue weighted by Gasteiger charge is 2.31. The SMILES string of the molecule is CC1CC(C)CC(C(NN)c2cccc3cccnc23)C1. The van der Waals surface area contributed by atoms with Crippen molar-refractivity contribution < 1.29 is 0 Å². The van der Waals surface area contributed by atoms with Crippen LogP contribution >= 0.6 is 0 Å². The maximum Gasteiger partial charge on any atom is 0.0750 e. The van der Waals surface area contributed by atoms with E-state index in [4.69, 9.17) is 5.84 Å². The first-order valence-corrected chi connectivity index (χ1v) is 7.98. The second-order valence-corrected chi connectivity index (χ2v) is 6.74. The first-order valence-electron chi connectivity index (χ1n) is 7.98. The first-order chi connectivity index (χ1) is 10.2. The summed E-state index contributed by atoms with van der Waals surface area (Å²) < 4.78 is 0. The number of nitrogens with one attached hydrogen (secondary N) is 1. The first kappa shape index (κ1) is 14.5. The summed E-state index contributed by atoms with van der Waals surface area (Å²) in [5, 5.41) is 1.19. The molecule has 0 saturated heterocycles. The maximum absolute atomic E-state index is 5.94. The molecule has 0 radical (unpaired) electrons. The van der Waals surface area contributed by atoms with Crippen LogP contribution in [-0.2, 0) is 0 Å². The molecule has 1 aromatic carbocycles. The Balaban J connectivity index is 1.98. The van der Waals surface area contributed by atoms with Crippen molar-refractivity contribution in [3.8, 4) is 0 Å². The Labute approximate surface area is 126 Å². The molecular weight excluding hydrogens is 258 g/mol. The fourth-order valence-electron chi connectivity index (χ4n) is 4.14. The summed E-state index contributed by atoms with van der Waals surface area (Å²) in [5.74, 6) is 8.08. The van der Waals surface area contributed by atoms with Crippen LogP contribution in [0.25, 0.3) is 10.9 Å². The predicted molar refractivity (Wildman–Crippen MR) is 87.5 cm³/mol. The van der Waals surface area contributed by atoms with Crippen LogP contribution in [0, 0.1) is 17.8 Å². The number of aromatic nitrogens is 1. The Hall–Kier alpha value is -1.45. The maximum atomic E-state index is 5.94. The highest BCUT2D eigenvalue weighted by Crippen LogP contribution is 2.40. The number of hydrogen-bond acceptors (Lipinski definition) is 3. The van der Waals surface area contributed by atoms with Crippen LogP contribution in [0.3, 0.4) is 0 Å². The van der Waals surface area contributed by atoms with Gasteiger partial charge < -0.3 is 0 Å². The summed E-state index contributed by atoms with van der Waals surface area (Å²) in [6, 6.07) is 10.7. The van der Waals surface area contributed by atoms with Crippen molar-refractivity contribution in [2.45, 2.75) is 39.2 Å². The number of benzene rings is 1. The topological polar surface area (TPSA) is 50.9 Å². The van der Waals surface area contributed by atoms with Crippen LogP contribution in [0.15, 0.2) is 36.5 Å². The fourth-order valence-corrected chi connectivity index (χ4v) is 4.14. The van der Waals surface area contributed by atoms with Crippen LogP contribution in [0.5, 0.6) is 0 Å². The molecule has 3 nitrogen and oxygen atoms in total. The highest BCUT2D eigenvalue weighted by molar-refractivity contribution is 5.82. The number of pyridine rings is 1. The molecule has 3 unspecified atom stereocenters. The lowest BCUT2D eigenvalue weighted by molar-refractivity contribution is 0.177. The minimum absolute atomic E-state index is 0.189. The predicted octanol–water partition coefficient (Wildman–Crippen LogP) is 3.81. The van der Waals surface area contributed by atoms with Gasteiger partial charge in [0.05, 0.1) is 11.6 Å². The van der Waals surface area contributed by atoms with Crippen molar-refractivity contribution in [1.82, 2.24) is 10.4 Å². The van der Waals surface area contributed by atoms with Crippen molar-refractivity contribution in [1.29, 1.82) is 0 Å². The molecule has 2 aromatic rings. The van der Waals surface area contributed by atoms with Gasteiger partial charge in [0.25, 0.3) is 0 Å². The van der Waals surface area contributed by atoms with E-state index < -0.39 is 0 Å². The second kappa shape index (κ2) is 6.12. The lowest BCUT2D eigenvalue weighted by atomic mass is 9.72. The largest absolute Gasteiger partial charge is 0.271 e. The van der Waals surface area contributed by atoms with Crippen molar-refractivity contribution in [2.75, 3.05) is 0 Å². The molecule has 3 atom stereocenters. The molecule has 1 heterocycles. The van der Waals surface area contributed by atoms with Crippen molar-refractivity contribution >= 4 is 10.9 Å². The van der Waals surface area contributed by atoms with E-state index in [2.05, 4.69) is 48.5 Å². The van der Waals surface area contributed by atoms with E-state index in [1.165, 1.54) is 30.2 Å². The van der Waals surface area contributed by atoms with Gasteiger partial charge in [-0.05, 0) is 48.6 Å². The van der Waals surface area contributed by atoms with E-state index in [0.29, 0.717) is 5.92 Å². The molecular formula is C18H25N3. The van der Waals surface area contributed by atoms with E-state index in [9.17, 15) is 0 Å². The summed E-state index contributed by atoms with van der Waals surface area (Å²) in [6.07, 6.45) is 5.68. The van der Waals surface area contributed by atoms with Gasteiger partial charge in [0.1, 0.15) is 0 Å². The second-order valence-electron chi connectivity index (χ2n) is 6.74. The van der Waals surface area contributed by atoms with Gasteiger partial charge in [-0.1, -0.05) is 38.1 Å². The number of nitrogens with two attached hydrogens (primary N) is 1. The van der Waals surface area contributed by atoms with Gasteiger partial charge in [0, 0.05) is 11.6 Å².